The lowest BCUT2D eigenvalue weighted by atomic mass is 10.2. The highest BCUT2D eigenvalue weighted by Crippen LogP contribution is 2.38. The van der Waals surface area contributed by atoms with Crippen molar-refractivity contribution in [3.05, 3.63) is 18.1 Å². The lowest BCUT2D eigenvalue weighted by Gasteiger charge is -2.25. The Balaban J connectivity index is 2.84. The summed E-state index contributed by atoms with van der Waals surface area (Å²) in [5.74, 6) is -0.378. The number of nitrogens with zero attached hydrogens (tertiary/aromatic N) is 2. The normalized spacial score (nSPS) is 13.4. The fourth-order valence-corrected chi connectivity index (χ4v) is 2.55. The number of thioether (sulfide) groups is 1. The van der Waals surface area contributed by atoms with Crippen LogP contribution in [0.4, 0.5) is 0 Å². The molecule has 0 aliphatic rings. The number of alkyl halides is 3. The van der Waals surface area contributed by atoms with Crippen LogP contribution in [0.1, 0.15) is 19.5 Å². The van der Waals surface area contributed by atoms with E-state index in [0.29, 0.717) is 5.03 Å². The molecule has 1 aromatic heterocycles. The van der Waals surface area contributed by atoms with Gasteiger partial charge in [0.25, 0.3) is 0 Å². The first-order valence-corrected chi connectivity index (χ1v) is 7.54. The maximum absolute atomic E-state index is 11.7. The highest BCUT2D eigenvalue weighted by molar-refractivity contribution is 8.00. The molecule has 0 bridgehead atoms. The van der Waals surface area contributed by atoms with E-state index in [1.54, 1.807) is 19.9 Å². The molecule has 0 spiro atoms. The number of hydrogen-bond donors (Lipinski definition) is 1. The molecule has 1 heterocycles. The topological polar surface area (TPSA) is 54.9 Å². The molecule has 0 saturated heterocycles. The monoisotopic (exact) mass is 341 g/mol. The van der Waals surface area contributed by atoms with E-state index < -0.39 is 9.17 Å². The molecule has 0 aromatic carbocycles. The second kappa shape index (κ2) is 6.97. The van der Waals surface area contributed by atoms with E-state index >= 15 is 0 Å². The molecule has 1 aromatic rings. The summed E-state index contributed by atoms with van der Waals surface area (Å²) in [6.45, 7) is 5.37. The number of rotatable bonds is 4. The zero-order valence-corrected chi connectivity index (χ0v) is 13.7. The van der Waals surface area contributed by atoms with E-state index in [-0.39, 0.29) is 11.8 Å². The molecular formula is C11H14Cl3N3OS. The van der Waals surface area contributed by atoms with Crippen molar-refractivity contribution in [1.82, 2.24) is 15.3 Å². The van der Waals surface area contributed by atoms with Crippen LogP contribution in [0.25, 0.3) is 0 Å². The standard InChI is InChI=1S/C11H14Cl3N3OS/c1-6(2)9(18)17-10(11(12,13)14)19-8-4-7(3)15-5-16-8/h4-6,10H,1-3H3,(H,17,18)/t10-/m0/s1. The van der Waals surface area contributed by atoms with Crippen molar-refractivity contribution in [2.45, 2.75) is 35.0 Å². The molecule has 106 valence electrons. The molecule has 0 unspecified atom stereocenters. The number of amides is 1. The second-order valence-electron chi connectivity index (χ2n) is 4.20. The van der Waals surface area contributed by atoms with Crippen molar-refractivity contribution in [3.63, 3.8) is 0 Å². The summed E-state index contributed by atoms with van der Waals surface area (Å²) >= 11 is 18.8. The largest absolute Gasteiger partial charge is 0.340 e. The van der Waals surface area contributed by atoms with Crippen LogP contribution in [-0.2, 0) is 4.79 Å². The van der Waals surface area contributed by atoms with Crippen LogP contribution >= 0.6 is 46.6 Å². The summed E-state index contributed by atoms with van der Waals surface area (Å²) in [6.07, 6.45) is 1.43. The molecule has 19 heavy (non-hydrogen) atoms. The Kier molecular flexibility index (Phi) is 6.17. The van der Waals surface area contributed by atoms with Crippen molar-refractivity contribution < 1.29 is 4.79 Å². The molecule has 0 aliphatic heterocycles. The van der Waals surface area contributed by atoms with Crippen molar-refractivity contribution in [3.8, 4) is 0 Å². The van der Waals surface area contributed by atoms with E-state index in [1.165, 1.54) is 18.1 Å². The van der Waals surface area contributed by atoms with E-state index in [0.717, 1.165) is 5.69 Å². The quantitative estimate of drug-likeness (QED) is 0.394. The van der Waals surface area contributed by atoms with Crippen molar-refractivity contribution in [2.75, 3.05) is 0 Å². The summed E-state index contributed by atoms with van der Waals surface area (Å²) in [5.41, 5.74) is 0.802. The summed E-state index contributed by atoms with van der Waals surface area (Å²) < 4.78 is -1.63. The average Bonchev–Trinajstić information content (AvgIpc) is 2.26. The summed E-state index contributed by atoms with van der Waals surface area (Å²) in [6, 6.07) is 1.76. The Bertz CT molecular complexity index is 451. The molecule has 0 radical (unpaired) electrons. The number of nitrogens with one attached hydrogen (secondary N) is 1. The number of halogens is 3. The molecule has 1 amide bonds. The third-order valence-electron chi connectivity index (χ3n) is 2.11. The Hall–Kier alpha value is -0.230. The predicted molar refractivity (Wildman–Crippen MR) is 79.7 cm³/mol. The minimum atomic E-state index is -1.63. The van der Waals surface area contributed by atoms with Gasteiger partial charge in [0.2, 0.25) is 9.70 Å². The number of aromatic nitrogens is 2. The van der Waals surface area contributed by atoms with Gasteiger partial charge in [-0.3, -0.25) is 4.79 Å². The SMILES string of the molecule is Cc1cc(S[C@H](NC(=O)C(C)C)C(Cl)(Cl)Cl)ncn1. The first-order chi connectivity index (χ1) is 8.70. The zero-order chi connectivity index (χ0) is 14.6. The Morgan fingerprint density at radius 3 is 2.47 bits per heavy atom. The zero-order valence-electron chi connectivity index (χ0n) is 10.7. The van der Waals surface area contributed by atoms with E-state index in [2.05, 4.69) is 15.3 Å². The minimum Gasteiger partial charge on any atom is -0.340 e. The van der Waals surface area contributed by atoms with Gasteiger partial charge in [-0.25, -0.2) is 9.97 Å². The van der Waals surface area contributed by atoms with E-state index in [9.17, 15) is 4.79 Å². The molecular weight excluding hydrogens is 329 g/mol. The number of hydrogen-bond acceptors (Lipinski definition) is 4. The number of carbonyl (C=O) groups is 1. The van der Waals surface area contributed by atoms with Gasteiger partial charge in [-0.15, -0.1) is 0 Å². The van der Waals surface area contributed by atoms with Crippen LogP contribution in [-0.4, -0.2) is 25.0 Å². The van der Waals surface area contributed by atoms with Gasteiger partial charge >= 0.3 is 0 Å². The van der Waals surface area contributed by atoms with Gasteiger partial charge < -0.3 is 5.32 Å². The van der Waals surface area contributed by atoms with E-state index in [4.69, 9.17) is 34.8 Å². The van der Waals surface area contributed by atoms with Gasteiger partial charge in [-0.05, 0) is 13.0 Å². The molecule has 0 fully saturated rings. The molecule has 1 atom stereocenters. The lowest BCUT2D eigenvalue weighted by Crippen LogP contribution is -2.43. The van der Waals surface area contributed by atoms with Crippen molar-refractivity contribution in [1.29, 1.82) is 0 Å². The predicted octanol–water partition coefficient (Wildman–Crippen LogP) is 3.35. The van der Waals surface area contributed by atoms with Gasteiger partial charge in [-0.2, -0.15) is 0 Å². The molecule has 0 aliphatic carbocycles. The van der Waals surface area contributed by atoms with Gasteiger partial charge in [-0.1, -0.05) is 60.4 Å². The van der Waals surface area contributed by atoms with Gasteiger partial charge in [0.15, 0.2) is 0 Å². The molecule has 4 nitrogen and oxygen atoms in total. The highest BCUT2D eigenvalue weighted by Gasteiger charge is 2.35. The van der Waals surface area contributed by atoms with Crippen molar-refractivity contribution in [2.24, 2.45) is 5.92 Å². The van der Waals surface area contributed by atoms with Gasteiger partial charge in [0.1, 0.15) is 16.7 Å². The van der Waals surface area contributed by atoms with Crippen LogP contribution in [0.2, 0.25) is 0 Å². The Labute approximate surface area is 131 Å². The minimum absolute atomic E-state index is 0.186. The molecule has 1 N–H and O–H groups in total. The second-order valence-corrected chi connectivity index (χ2v) is 7.69. The van der Waals surface area contributed by atoms with Crippen LogP contribution in [0.3, 0.4) is 0 Å². The Morgan fingerprint density at radius 2 is 2.00 bits per heavy atom. The third kappa shape index (κ3) is 5.73. The van der Waals surface area contributed by atoms with Gasteiger partial charge in [0, 0.05) is 11.6 Å². The summed E-state index contributed by atoms with van der Waals surface area (Å²) in [5, 5.41) is 2.60. The maximum Gasteiger partial charge on any atom is 0.223 e. The smallest absolute Gasteiger partial charge is 0.223 e. The lowest BCUT2D eigenvalue weighted by molar-refractivity contribution is -0.124. The molecule has 1 rings (SSSR count). The molecule has 8 heteroatoms. The first-order valence-electron chi connectivity index (χ1n) is 5.52. The Morgan fingerprint density at radius 1 is 1.37 bits per heavy atom. The fourth-order valence-electron chi connectivity index (χ4n) is 1.09. The van der Waals surface area contributed by atoms with Crippen LogP contribution in [0, 0.1) is 12.8 Å². The third-order valence-corrected chi connectivity index (χ3v) is 4.33. The van der Waals surface area contributed by atoms with Crippen molar-refractivity contribution >= 4 is 52.5 Å². The fraction of sp³-hybridized carbons (Fsp3) is 0.545. The maximum atomic E-state index is 11.7. The van der Waals surface area contributed by atoms with E-state index in [1.807, 2.05) is 6.92 Å². The van der Waals surface area contributed by atoms with Crippen LogP contribution in [0.15, 0.2) is 17.4 Å². The summed E-state index contributed by atoms with van der Waals surface area (Å²) in [4.78, 5) is 19.8. The highest BCUT2D eigenvalue weighted by atomic mass is 35.6. The molecule has 0 saturated carbocycles. The average molecular weight is 343 g/mol. The summed E-state index contributed by atoms with van der Waals surface area (Å²) in [7, 11) is 0. The van der Waals surface area contributed by atoms with Crippen LogP contribution < -0.4 is 5.32 Å². The number of aryl methyl sites for hydroxylation is 1. The first kappa shape index (κ1) is 16.8. The van der Waals surface area contributed by atoms with Crippen LogP contribution in [0.5, 0.6) is 0 Å². The van der Waals surface area contributed by atoms with Gasteiger partial charge in [0.05, 0.1) is 0 Å². The number of carbonyl (C=O) groups excluding carboxylic acids is 1.